The van der Waals surface area contributed by atoms with Gasteiger partial charge in [-0.25, -0.2) is 14.4 Å². The lowest BCUT2D eigenvalue weighted by Gasteiger charge is -2.30. The normalized spacial score (nSPS) is 16.0. The van der Waals surface area contributed by atoms with Crippen LogP contribution in [0.25, 0.3) is 16.9 Å². The molecule has 0 unspecified atom stereocenters. The molecule has 0 spiro atoms. The van der Waals surface area contributed by atoms with Crippen LogP contribution in [0.4, 0.5) is 10.2 Å². The molecule has 0 radical (unpaired) electrons. The van der Waals surface area contributed by atoms with Gasteiger partial charge in [-0.05, 0) is 43.5 Å². The van der Waals surface area contributed by atoms with Crippen molar-refractivity contribution in [1.29, 1.82) is 0 Å². The summed E-state index contributed by atoms with van der Waals surface area (Å²) in [6.45, 7) is 3.30. The van der Waals surface area contributed by atoms with Gasteiger partial charge < -0.3 is 10.0 Å². The van der Waals surface area contributed by atoms with Gasteiger partial charge in [0.05, 0.1) is 18.0 Å². The molecule has 5 nitrogen and oxygen atoms in total. The summed E-state index contributed by atoms with van der Waals surface area (Å²) in [6.07, 6.45) is 6.69. The molecule has 0 atom stereocenters. The minimum absolute atomic E-state index is 0.207. The van der Waals surface area contributed by atoms with E-state index >= 15 is 0 Å². The van der Waals surface area contributed by atoms with Crippen molar-refractivity contribution in [2.24, 2.45) is 0 Å². The second-order valence-corrected chi connectivity index (χ2v) is 6.27. The fourth-order valence-corrected chi connectivity index (χ4v) is 3.22. The Morgan fingerprint density at radius 3 is 2.75 bits per heavy atom. The maximum atomic E-state index is 13.5. The van der Waals surface area contributed by atoms with Gasteiger partial charge >= 0.3 is 0 Å². The van der Waals surface area contributed by atoms with Gasteiger partial charge in [0.25, 0.3) is 0 Å². The van der Waals surface area contributed by atoms with E-state index in [0.717, 1.165) is 48.7 Å². The van der Waals surface area contributed by atoms with E-state index in [0.29, 0.717) is 5.56 Å². The molecule has 3 heterocycles. The molecule has 2 aromatic heterocycles. The Bertz CT molecular complexity index is 884. The van der Waals surface area contributed by atoms with Gasteiger partial charge in [0.1, 0.15) is 5.82 Å². The van der Waals surface area contributed by atoms with Crippen molar-refractivity contribution in [2.45, 2.75) is 25.9 Å². The lowest BCUT2D eigenvalue weighted by Crippen LogP contribution is -2.36. The largest absolute Gasteiger partial charge is 0.393 e. The monoisotopic (exact) mass is 326 g/mol. The maximum Gasteiger partial charge on any atom is 0.180 e. The Morgan fingerprint density at radius 2 is 2.00 bits per heavy atom. The number of aliphatic hydroxyl groups is 1. The Kier molecular flexibility index (Phi) is 3.69. The third-order valence-corrected chi connectivity index (χ3v) is 4.63. The van der Waals surface area contributed by atoms with E-state index < -0.39 is 0 Å². The highest BCUT2D eigenvalue weighted by molar-refractivity contribution is 5.71. The van der Waals surface area contributed by atoms with Crippen LogP contribution in [0.3, 0.4) is 0 Å². The van der Waals surface area contributed by atoms with Gasteiger partial charge in [0, 0.05) is 31.0 Å². The lowest BCUT2D eigenvalue weighted by molar-refractivity contribution is 0.145. The number of aliphatic hydroxyl groups excluding tert-OH is 1. The number of benzene rings is 1. The van der Waals surface area contributed by atoms with E-state index in [1.165, 1.54) is 6.07 Å². The van der Waals surface area contributed by atoms with Gasteiger partial charge in [-0.15, -0.1) is 0 Å². The fraction of sp³-hybridized carbons (Fsp3) is 0.333. The predicted octanol–water partition coefficient (Wildman–Crippen LogP) is 2.80. The molecule has 1 N–H and O–H groups in total. The average molecular weight is 326 g/mol. The Balaban J connectivity index is 1.77. The Labute approximate surface area is 139 Å². The standard InChI is InChI=1S/C18H19FN4O/c1-12-10-13(2-3-15(12)19)16-11-21-18-17(20-6-9-23(16)18)22-7-4-14(24)5-8-22/h2-3,6,9-11,14,24H,4-5,7-8H2,1H3. The number of fused-ring (bicyclic) bond motifs is 1. The number of nitrogens with zero attached hydrogens (tertiary/aromatic N) is 4. The van der Waals surface area contributed by atoms with Crippen molar-refractivity contribution in [3.8, 4) is 11.3 Å². The quantitative estimate of drug-likeness (QED) is 0.787. The molecule has 0 aliphatic carbocycles. The molecule has 1 fully saturated rings. The summed E-state index contributed by atoms with van der Waals surface area (Å²) in [5.41, 5.74) is 3.23. The summed E-state index contributed by atoms with van der Waals surface area (Å²) < 4.78 is 15.5. The average Bonchev–Trinajstić information content (AvgIpc) is 3.02. The second kappa shape index (κ2) is 5.87. The first-order valence-electron chi connectivity index (χ1n) is 8.15. The Hall–Kier alpha value is -2.47. The number of halogens is 1. The molecule has 124 valence electrons. The van der Waals surface area contributed by atoms with E-state index in [2.05, 4.69) is 14.9 Å². The predicted molar refractivity (Wildman–Crippen MR) is 90.6 cm³/mol. The molecule has 4 rings (SSSR count). The fourth-order valence-electron chi connectivity index (χ4n) is 3.22. The molecule has 1 aliphatic heterocycles. The third kappa shape index (κ3) is 2.53. The molecule has 1 aliphatic rings. The molecule has 1 saturated heterocycles. The molecule has 0 saturated carbocycles. The highest BCUT2D eigenvalue weighted by Crippen LogP contribution is 2.27. The van der Waals surface area contributed by atoms with E-state index in [1.54, 1.807) is 25.4 Å². The van der Waals surface area contributed by atoms with E-state index in [-0.39, 0.29) is 11.9 Å². The Morgan fingerprint density at radius 1 is 1.21 bits per heavy atom. The molecule has 6 heteroatoms. The summed E-state index contributed by atoms with van der Waals surface area (Å²) in [7, 11) is 0. The molecule has 0 bridgehead atoms. The molecule has 1 aromatic carbocycles. The first kappa shape index (κ1) is 15.1. The van der Waals surface area contributed by atoms with Crippen LogP contribution < -0.4 is 4.90 Å². The van der Waals surface area contributed by atoms with Crippen LogP contribution in [-0.4, -0.2) is 38.7 Å². The number of piperidine rings is 1. The summed E-state index contributed by atoms with van der Waals surface area (Å²) in [5.74, 6) is 0.622. The number of hydrogen-bond donors (Lipinski definition) is 1. The van der Waals surface area contributed by atoms with Crippen LogP contribution in [0, 0.1) is 12.7 Å². The number of hydrogen-bond acceptors (Lipinski definition) is 4. The molecular weight excluding hydrogens is 307 g/mol. The van der Waals surface area contributed by atoms with Crippen LogP contribution in [-0.2, 0) is 0 Å². The van der Waals surface area contributed by atoms with E-state index in [9.17, 15) is 9.50 Å². The molecule has 24 heavy (non-hydrogen) atoms. The first-order chi connectivity index (χ1) is 11.6. The van der Waals surface area contributed by atoms with Crippen molar-refractivity contribution in [1.82, 2.24) is 14.4 Å². The summed E-state index contributed by atoms with van der Waals surface area (Å²) in [5, 5.41) is 9.69. The van der Waals surface area contributed by atoms with Gasteiger partial charge in [0.2, 0.25) is 0 Å². The van der Waals surface area contributed by atoms with Gasteiger partial charge in [-0.1, -0.05) is 0 Å². The summed E-state index contributed by atoms with van der Waals surface area (Å²) in [6, 6.07) is 5.08. The van der Waals surface area contributed by atoms with Crippen molar-refractivity contribution in [3.63, 3.8) is 0 Å². The summed E-state index contributed by atoms with van der Waals surface area (Å²) >= 11 is 0. The van der Waals surface area contributed by atoms with Crippen LogP contribution in [0.15, 0.2) is 36.8 Å². The van der Waals surface area contributed by atoms with E-state index in [4.69, 9.17) is 0 Å². The van der Waals surface area contributed by atoms with Gasteiger partial charge in [-0.3, -0.25) is 4.40 Å². The molecular formula is C18H19FN4O. The summed E-state index contributed by atoms with van der Waals surface area (Å²) in [4.78, 5) is 11.2. The topological polar surface area (TPSA) is 53.7 Å². The first-order valence-corrected chi connectivity index (χ1v) is 8.15. The minimum Gasteiger partial charge on any atom is -0.393 e. The van der Waals surface area contributed by atoms with Gasteiger partial charge in [0.15, 0.2) is 11.5 Å². The third-order valence-electron chi connectivity index (χ3n) is 4.63. The van der Waals surface area contributed by atoms with Crippen molar-refractivity contribution < 1.29 is 9.50 Å². The van der Waals surface area contributed by atoms with Crippen molar-refractivity contribution in [2.75, 3.05) is 18.0 Å². The molecule has 0 amide bonds. The second-order valence-electron chi connectivity index (χ2n) is 6.27. The number of aryl methyl sites for hydroxylation is 1. The molecule has 3 aromatic rings. The zero-order valence-corrected chi connectivity index (χ0v) is 13.5. The zero-order chi connectivity index (χ0) is 16.7. The SMILES string of the molecule is Cc1cc(-c2cnc3c(N4CCC(O)CC4)nccn23)ccc1F. The van der Waals surface area contributed by atoms with Crippen LogP contribution in [0.1, 0.15) is 18.4 Å². The smallest absolute Gasteiger partial charge is 0.180 e. The number of imidazole rings is 1. The number of rotatable bonds is 2. The zero-order valence-electron chi connectivity index (χ0n) is 13.5. The lowest BCUT2D eigenvalue weighted by atomic mass is 10.1. The van der Waals surface area contributed by atoms with Crippen LogP contribution >= 0.6 is 0 Å². The number of aromatic nitrogens is 3. The minimum atomic E-state index is -0.224. The maximum absolute atomic E-state index is 13.5. The van der Waals surface area contributed by atoms with Crippen molar-refractivity contribution in [3.05, 3.63) is 48.2 Å². The van der Waals surface area contributed by atoms with E-state index in [1.807, 2.05) is 16.7 Å². The van der Waals surface area contributed by atoms with Crippen LogP contribution in [0.2, 0.25) is 0 Å². The van der Waals surface area contributed by atoms with Crippen molar-refractivity contribution >= 4 is 11.5 Å². The number of anilines is 1. The highest BCUT2D eigenvalue weighted by atomic mass is 19.1. The van der Waals surface area contributed by atoms with Gasteiger partial charge in [-0.2, -0.15) is 0 Å². The highest BCUT2D eigenvalue weighted by Gasteiger charge is 2.21. The van der Waals surface area contributed by atoms with Crippen LogP contribution in [0.5, 0.6) is 0 Å².